The number of rotatable bonds is 7. The highest BCUT2D eigenvalue weighted by atomic mass is 19.4. The third-order valence-corrected chi connectivity index (χ3v) is 4.45. The van der Waals surface area contributed by atoms with Crippen molar-refractivity contribution < 1.29 is 31.8 Å². The van der Waals surface area contributed by atoms with E-state index in [0.29, 0.717) is 30.6 Å². The molecule has 150 valence electrons. The van der Waals surface area contributed by atoms with Gasteiger partial charge in [-0.1, -0.05) is 0 Å². The quantitative estimate of drug-likeness (QED) is 0.491. The normalized spacial score (nSPS) is 14.9. The molecule has 0 aromatic heterocycles. The maximum atomic E-state index is 13.4. The van der Waals surface area contributed by atoms with E-state index in [9.17, 15) is 22.4 Å². The molecule has 0 atom stereocenters. The molecule has 0 spiro atoms. The van der Waals surface area contributed by atoms with Crippen LogP contribution in [0.15, 0.2) is 36.4 Å². The Balaban J connectivity index is 1.72. The van der Waals surface area contributed by atoms with Crippen LogP contribution in [0.1, 0.15) is 28.8 Å². The van der Waals surface area contributed by atoms with Crippen LogP contribution in [0.2, 0.25) is 0 Å². The molecule has 4 nitrogen and oxygen atoms in total. The number of hydrogen-bond donors (Lipinski definition) is 0. The third kappa shape index (κ3) is 5.01. The van der Waals surface area contributed by atoms with E-state index in [1.807, 2.05) is 0 Å². The van der Waals surface area contributed by atoms with Gasteiger partial charge in [-0.25, -0.2) is 4.39 Å². The summed E-state index contributed by atoms with van der Waals surface area (Å²) in [6.45, 7) is 3.12. The number of likely N-dealkylation sites (tertiary alicyclic amines) is 1. The molecular formula is C20H19F4NO3. The average molecular weight is 397 g/mol. The Morgan fingerprint density at radius 1 is 1.04 bits per heavy atom. The molecular weight excluding hydrogens is 378 g/mol. The molecule has 0 N–H and O–H groups in total. The lowest BCUT2D eigenvalue weighted by molar-refractivity contribution is -0.140. The topological polar surface area (TPSA) is 38.8 Å². The average Bonchev–Trinajstić information content (AvgIpc) is 3.16. The van der Waals surface area contributed by atoms with E-state index in [0.717, 1.165) is 38.5 Å². The van der Waals surface area contributed by atoms with Crippen LogP contribution in [0.5, 0.6) is 17.2 Å². The van der Waals surface area contributed by atoms with Crippen LogP contribution < -0.4 is 9.47 Å². The van der Waals surface area contributed by atoms with Crippen LogP contribution >= 0.6 is 0 Å². The summed E-state index contributed by atoms with van der Waals surface area (Å²) >= 11 is 0. The number of benzene rings is 2. The van der Waals surface area contributed by atoms with E-state index >= 15 is 0 Å². The standard InChI is InChI=1S/C20H19F4NO3/c21-18-6-5-15(11-17(18)20(22,23)24)28-16-4-3-14(13-26)19(12-16)27-10-9-25-7-1-2-8-25/h3-6,11-13H,1-2,7-10H2. The minimum absolute atomic E-state index is 0.171. The van der Waals surface area contributed by atoms with Crippen molar-refractivity contribution in [3.8, 4) is 17.2 Å². The van der Waals surface area contributed by atoms with E-state index in [-0.39, 0.29) is 17.2 Å². The predicted octanol–water partition coefficient (Wildman–Crippen LogP) is 4.92. The number of carbonyl (C=O) groups excluding carboxylic acids is 1. The van der Waals surface area contributed by atoms with E-state index in [1.54, 1.807) is 0 Å². The Labute approximate surface area is 159 Å². The highest BCUT2D eigenvalue weighted by Crippen LogP contribution is 2.35. The van der Waals surface area contributed by atoms with Crippen molar-refractivity contribution >= 4 is 6.29 Å². The number of aldehydes is 1. The second kappa shape index (κ2) is 8.60. The van der Waals surface area contributed by atoms with Crippen molar-refractivity contribution in [3.05, 3.63) is 53.3 Å². The highest BCUT2D eigenvalue weighted by molar-refractivity contribution is 5.79. The highest BCUT2D eigenvalue weighted by Gasteiger charge is 2.34. The van der Waals surface area contributed by atoms with Crippen LogP contribution in [0.4, 0.5) is 17.6 Å². The Kier molecular flexibility index (Phi) is 6.18. The second-order valence-electron chi connectivity index (χ2n) is 6.46. The summed E-state index contributed by atoms with van der Waals surface area (Å²) in [5.74, 6) is -1.08. The van der Waals surface area contributed by atoms with Gasteiger partial charge in [-0.3, -0.25) is 9.69 Å². The first kappa shape index (κ1) is 20.1. The zero-order valence-corrected chi connectivity index (χ0v) is 15.0. The van der Waals surface area contributed by atoms with Crippen molar-refractivity contribution in [1.82, 2.24) is 4.90 Å². The number of nitrogens with zero attached hydrogens (tertiary/aromatic N) is 1. The monoisotopic (exact) mass is 397 g/mol. The summed E-state index contributed by atoms with van der Waals surface area (Å²) in [5.41, 5.74) is -1.10. The maximum Gasteiger partial charge on any atom is 0.419 e. The van der Waals surface area contributed by atoms with Gasteiger partial charge in [-0.15, -0.1) is 0 Å². The van der Waals surface area contributed by atoms with Crippen molar-refractivity contribution in [2.45, 2.75) is 19.0 Å². The number of halogens is 4. The fourth-order valence-electron chi connectivity index (χ4n) is 3.01. The smallest absolute Gasteiger partial charge is 0.419 e. The van der Waals surface area contributed by atoms with Gasteiger partial charge >= 0.3 is 6.18 Å². The molecule has 0 bridgehead atoms. The first-order chi connectivity index (χ1) is 13.4. The summed E-state index contributed by atoms with van der Waals surface area (Å²) in [5, 5.41) is 0. The third-order valence-electron chi connectivity index (χ3n) is 4.45. The Hall–Kier alpha value is -2.61. The minimum Gasteiger partial charge on any atom is -0.491 e. The summed E-state index contributed by atoms with van der Waals surface area (Å²) in [6.07, 6.45) is -1.88. The van der Waals surface area contributed by atoms with Gasteiger partial charge in [0.05, 0.1) is 11.1 Å². The fourth-order valence-corrected chi connectivity index (χ4v) is 3.01. The lowest BCUT2D eigenvalue weighted by atomic mass is 10.2. The number of ether oxygens (including phenoxy) is 2. The lowest BCUT2D eigenvalue weighted by Gasteiger charge is -2.16. The number of hydrogen-bond acceptors (Lipinski definition) is 4. The zero-order valence-electron chi connectivity index (χ0n) is 15.0. The number of carbonyl (C=O) groups is 1. The largest absolute Gasteiger partial charge is 0.491 e. The van der Waals surface area contributed by atoms with Gasteiger partial charge in [-0.05, 0) is 56.3 Å². The van der Waals surface area contributed by atoms with Gasteiger partial charge in [-0.2, -0.15) is 13.2 Å². The van der Waals surface area contributed by atoms with Gasteiger partial charge in [0.1, 0.15) is 29.7 Å². The summed E-state index contributed by atoms with van der Waals surface area (Å²) in [7, 11) is 0. The van der Waals surface area contributed by atoms with Crippen molar-refractivity contribution in [3.63, 3.8) is 0 Å². The molecule has 0 amide bonds. The molecule has 8 heteroatoms. The molecule has 0 unspecified atom stereocenters. The first-order valence-corrected chi connectivity index (χ1v) is 8.86. The van der Waals surface area contributed by atoms with Crippen LogP contribution in [-0.2, 0) is 6.18 Å². The lowest BCUT2D eigenvalue weighted by Crippen LogP contribution is -2.25. The maximum absolute atomic E-state index is 13.4. The van der Waals surface area contributed by atoms with Crippen LogP contribution in [0.3, 0.4) is 0 Å². The Bertz CT molecular complexity index is 833. The van der Waals surface area contributed by atoms with Crippen LogP contribution in [-0.4, -0.2) is 37.4 Å². The van der Waals surface area contributed by atoms with Gasteiger partial charge in [0.2, 0.25) is 0 Å². The van der Waals surface area contributed by atoms with Gasteiger partial charge in [0.25, 0.3) is 0 Å². The fraction of sp³-hybridized carbons (Fsp3) is 0.350. The first-order valence-electron chi connectivity index (χ1n) is 8.86. The molecule has 1 saturated heterocycles. The molecule has 1 aliphatic rings. The summed E-state index contributed by atoms with van der Waals surface area (Å²) in [6, 6.07) is 6.73. The van der Waals surface area contributed by atoms with Gasteiger partial charge in [0, 0.05) is 12.6 Å². The molecule has 2 aromatic rings. The molecule has 0 aliphatic carbocycles. The minimum atomic E-state index is -4.82. The summed E-state index contributed by atoms with van der Waals surface area (Å²) in [4.78, 5) is 13.5. The van der Waals surface area contributed by atoms with Gasteiger partial charge < -0.3 is 9.47 Å². The van der Waals surface area contributed by atoms with E-state index in [2.05, 4.69) is 4.90 Å². The molecule has 0 saturated carbocycles. The van der Waals surface area contributed by atoms with Gasteiger partial charge in [0.15, 0.2) is 6.29 Å². The second-order valence-corrected chi connectivity index (χ2v) is 6.46. The van der Waals surface area contributed by atoms with Crippen LogP contribution in [0, 0.1) is 5.82 Å². The molecule has 28 heavy (non-hydrogen) atoms. The SMILES string of the molecule is O=Cc1ccc(Oc2ccc(F)c(C(F)(F)F)c2)cc1OCCN1CCCC1. The van der Waals surface area contributed by atoms with E-state index in [4.69, 9.17) is 9.47 Å². The number of alkyl halides is 3. The molecule has 1 aliphatic heterocycles. The zero-order chi connectivity index (χ0) is 20.1. The van der Waals surface area contributed by atoms with Crippen molar-refractivity contribution in [2.75, 3.05) is 26.2 Å². The molecule has 1 fully saturated rings. The molecule has 3 rings (SSSR count). The molecule has 1 heterocycles. The molecule has 2 aromatic carbocycles. The van der Waals surface area contributed by atoms with Crippen molar-refractivity contribution in [2.24, 2.45) is 0 Å². The van der Waals surface area contributed by atoms with E-state index < -0.39 is 17.6 Å². The van der Waals surface area contributed by atoms with Crippen molar-refractivity contribution in [1.29, 1.82) is 0 Å². The Morgan fingerprint density at radius 3 is 2.39 bits per heavy atom. The predicted molar refractivity (Wildman–Crippen MR) is 94.5 cm³/mol. The van der Waals surface area contributed by atoms with Crippen LogP contribution in [0.25, 0.3) is 0 Å². The van der Waals surface area contributed by atoms with E-state index in [1.165, 1.54) is 18.2 Å². The molecule has 0 radical (unpaired) electrons. The summed E-state index contributed by atoms with van der Waals surface area (Å²) < 4.78 is 63.0. The Morgan fingerprint density at radius 2 is 1.71 bits per heavy atom.